The summed E-state index contributed by atoms with van der Waals surface area (Å²) in [7, 11) is -3.88. The molecule has 0 saturated carbocycles. The first-order valence-corrected chi connectivity index (χ1v) is 12.0. The average Bonchev–Trinajstić information content (AvgIpc) is 2.95. The van der Waals surface area contributed by atoms with E-state index in [1.165, 1.54) is 27.8 Å². The van der Waals surface area contributed by atoms with Crippen molar-refractivity contribution in [2.24, 2.45) is 0 Å². The van der Waals surface area contributed by atoms with Crippen LogP contribution >= 0.6 is 34.5 Å². The van der Waals surface area contributed by atoms with Gasteiger partial charge in [0, 0.05) is 18.0 Å². The molecule has 1 heterocycles. The number of hydrogen-bond donors (Lipinski definition) is 1. The molecular formula is C19H21Cl2N3O3S2. The SMILES string of the molecule is CCc1c(C)sc(NC(=O)c2cc(S(=O)(=O)N(CC)CC)c(Cl)cc2Cl)c1C#N. The zero-order valence-electron chi connectivity index (χ0n) is 16.5. The van der Waals surface area contributed by atoms with Crippen molar-refractivity contribution in [1.82, 2.24) is 4.31 Å². The molecule has 1 aromatic heterocycles. The van der Waals surface area contributed by atoms with Gasteiger partial charge in [-0.05, 0) is 31.0 Å². The molecule has 0 atom stereocenters. The molecule has 0 fully saturated rings. The van der Waals surface area contributed by atoms with Gasteiger partial charge in [-0.3, -0.25) is 4.79 Å². The number of carbonyl (C=O) groups excluding carboxylic acids is 1. The Morgan fingerprint density at radius 3 is 2.34 bits per heavy atom. The van der Waals surface area contributed by atoms with Gasteiger partial charge in [-0.2, -0.15) is 9.57 Å². The second-order valence-electron chi connectivity index (χ2n) is 6.11. The lowest BCUT2D eigenvalue weighted by molar-refractivity contribution is 0.102. The van der Waals surface area contributed by atoms with E-state index in [2.05, 4.69) is 11.4 Å². The normalized spacial score (nSPS) is 11.5. The summed E-state index contributed by atoms with van der Waals surface area (Å²) in [6.45, 7) is 7.77. The third kappa shape index (κ3) is 4.60. The van der Waals surface area contributed by atoms with Gasteiger partial charge in [0.1, 0.15) is 16.0 Å². The summed E-state index contributed by atoms with van der Waals surface area (Å²) in [4.78, 5) is 13.6. The van der Waals surface area contributed by atoms with Crippen LogP contribution in [0.4, 0.5) is 5.00 Å². The van der Waals surface area contributed by atoms with Gasteiger partial charge in [0.15, 0.2) is 0 Å². The molecule has 156 valence electrons. The molecule has 0 spiro atoms. The fraction of sp³-hybridized carbons (Fsp3) is 0.368. The summed E-state index contributed by atoms with van der Waals surface area (Å²) in [6, 6.07) is 4.55. The van der Waals surface area contributed by atoms with Crippen LogP contribution < -0.4 is 5.32 Å². The molecular weight excluding hydrogens is 453 g/mol. The summed E-state index contributed by atoms with van der Waals surface area (Å²) in [5.41, 5.74) is 1.25. The van der Waals surface area contributed by atoms with Crippen LogP contribution in [0.25, 0.3) is 0 Å². The van der Waals surface area contributed by atoms with E-state index in [0.717, 1.165) is 10.4 Å². The molecule has 0 bridgehead atoms. The molecule has 29 heavy (non-hydrogen) atoms. The zero-order chi connectivity index (χ0) is 21.9. The van der Waals surface area contributed by atoms with E-state index in [9.17, 15) is 18.5 Å². The molecule has 6 nitrogen and oxygen atoms in total. The van der Waals surface area contributed by atoms with Crippen LogP contribution in [-0.2, 0) is 16.4 Å². The van der Waals surface area contributed by atoms with E-state index < -0.39 is 15.9 Å². The first kappa shape index (κ1) is 23.6. The number of nitrogens with one attached hydrogen (secondary N) is 1. The molecule has 0 aliphatic rings. The van der Waals surface area contributed by atoms with Gasteiger partial charge in [-0.1, -0.05) is 44.0 Å². The lowest BCUT2D eigenvalue weighted by Crippen LogP contribution is -2.31. The number of halogens is 2. The van der Waals surface area contributed by atoms with Crippen LogP contribution in [0, 0.1) is 18.3 Å². The quantitative estimate of drug-likeness (QED) is 0.606. The van der Waals surface area contributed by atoms with E-state index in [0.29, 0.717) is 17.0 Å². The highest BCUT2D eigenvalue weighted by atomic mass is 35.5. The first-order valence-electron chi connectivity index (χ1n) is 8.95. The van der Waals surface area contributed by atoms with Gasteiger partial charge < -0.3 is 5.32 Å². The van der Waals surface area contributed by atoms with Crippen molar-refractivity contribution in [2.75, 3.05) is 18.4 Å². The predicted octanol–water partition coefficient (Wildman–Crippen LogP) is 5.08. The second kappa shape index (κ2) is 9.45. The van der Waals surface area contributed by atoms with Crippen LogP contribution in [0.1, 0.15) is 47.1 Å². The number of anilines is 1. The lowest BCUT2D eigenvalue weighted by Gasteiger charge is -2.20. The molecule has 10 heteroatoms. The third-order valence-corrected chi connectivity index (χ3v) is 8.38. The van der Waals surface area contributed by atoms with Gasteiger partial charge in [0.05, 0.1) is 21.2 Å². The summed E-state index contributed by atoms with van der Waals surface area (Å²) < 4.78 is 27.0. The van der Waals surface area contributed by atoms with E-state index >= 15 is 0 Å². The minimum atomic E-state index is -3.88. The van der Waals surface area contributed by atoms with Crippen molar-refractivity contribution < 1.29 is 13.2 Å². The molecule has 1 aromatic carbocycles. The number of nitriles is 1. The van der Waals surface area contributed by atoms with Crippen molar-refractivity contribution in [2.45, 2.75) is 39.0 Å². The maximum absolute atomic E-state index is 12.9. The fourth-order valence-electron chi connectivity index (χ4n) is 2.98. The van der Waals surface area contributed by atoms with Crippen LogP contribution in [0.2, 0.25) is 10.0 Å². The Hall–Kier alpha value is -1.63. The molecule has 0 aliphatic heterocycles. The van der Waals surface area contributed by atoms with Crippen molar-refractivity contribution in [3.63, 3.8) is 0 Å². The van der Waals surface area contributed by atoms with Crippen LogP contribution in [0.5, 0.6) is 0 Å². The summed E-state index contributed by atoms with van der Waals surface area (Å²) in [5.74, 6) is -0.608. The van der Waals surface area contributed by atoms with Gasteiger partial charge >= 0.3 is 0 Å². The highest BCUT2D eigenvalue weighted by Gasteiger charge is 2.27. The van der Waals surface area contributed by atoms with Crippen molar-refractivity contribution >= 4 is 55.5 Å². The largest absolute Gasteiger partial charge is 0.312 e. The number of rotatable bonds is 7. The Bertz CT molecular complexity index is 1090. The molecule has 1 amide bonds. The van der Waals surface area contributed by atoms with Crippen LogP contribution in [0.3, 0.4) is 0 Å². The number of amides is 1. The van der Waals surface area contributed by atoms with Crippen molar-refractivity contribution in [1.29, 1.82) is 5.26 Å². The molecule has 0 radical (unpaired) electrons. The van der Waals surface area contributed by atoms with Crippen molar-refractivity contribution in [3.8, 4) is 6.07 Å². The maximum atomic E-state index is 12.9. The Balaban J connectivity index is 2.51. The standard InChI is InChI=1S/C19H21Cl2N3O3S2/c1-5-12-11(4)28-19(14(12)10-22)23-18(25)13-8-17(16(21)9-15(13)20)29(26,27)24(6-2)7-3/h8-9H,5-7H2,1-4H3,(H,23,25). The highest BCUT2D eigenvalue weighted by molar-refractivity contribution is 7.89. The number of hydrogen-bond acceptors (Lipinski definition) is 5. The molecule has 2 aromatic rings. The number of benzene rings is 1. The number of aryl methyl sites for hydroxylation is 1. The monoisotopic (exact) mass is 473 g/mol. The van der Waals surface area contributed by atoms with Crippen molar-refractivity contribution in [3.05, 3.63) is 43.7 Å². The number of sulfonamides is 1. The minimum absolute atomic E-state index is 0.0218. The van der Waals surface area contributed by atoms with Gasteiger partial charge in [0.25, 0.3) is 5.91 Å². The third-order valence-electron chi connectivity index (χ3n) is 4.49. The molecule has 0 unspecified atom stereocenters. The number of nitrogens with zero attached hydrogens (tertiary/aromatic N) is 2. The Kier molecular flexibility index (Phi) is 7.71. The van der Waals surface area contributed by atoms with E-state index in [-0.39, 0.29) is 33.6 Å². The Labute approximate surface area is 185 Å². The highest BCUT2D eigenvalue weighted by Crippen LogP contribution is 2.35. The molecule has 0 saturated heterocycles. The number of carbonyl (C=O) groups is 1. The maximum Gasteiger partial charge on any atom is 0.257 e. The zero-order valence-corrected chi connectivity index (χ0v) is 19.6. The van der Waals surface area contributed by atoms with Gasteiger partial charge in [-0.25, -0.2) is 8.42 Å². The predicted molar refractivity (Wildman–Crippen MR) is 118 cm³/mol. The Morgan fingerprint density at radius 1 is 1.21 bits per heavy atom. The van der Waals surface area contributed by atoms with Gasteiger partial charge in [-0.15, -0.1) is 11.3 Å². The van der Waals surface area contributed by atoms with E-state index in [1.807, 2.05) is 13.8 Å². The molecule has 0 aliphatic carbocycles. The molecule has 1 N–H and O–H groups in total. The second-order valence-corrected chi connectivity index (χ2v) is 10.1. The summed E-state index contributed by atoms with van der Waals surface area (Å²) >= 11 is 13.6. The van der Waals surface area contributed by atoms with E-state index in [1.54, 1.807) is 13.8 Å². The fourth-order valence-corrected chi connectivity index (χ4v) is 6.37. The lowest BCUT2D eigenvalue weighted by atomic mass is 10.1. The number of thiophene rings is 1. The van der Waals surface area contributed by atoms with Crippen LogP contribution in [-0.4, -0.2) is 31.7 Å². The van der Waals surface area contributed by atoms with E-state index in [4.69, 9.17) is 23.2 Å². The van der Waals surface area contributed by atoms with Gasteiger partial charge in [0.2, 0.25) is 10.0 Å². The topological polar surface area (TPSA) is 90.3 Å². The van der Waals surface area contributed by atoms with Crippen LogP contribution in [0.15, 0.2) is 17.0 Å². The Morgan fingerprint density at radius 2 is 1.83 bits per heavy atom. The molecule has 2 rings (SSSR count). The average molecular weight is 474 g/mol. The smallest absolute Gasteiger partial charge is 0.257 e. The summed E-state index contributed by atoms with van der Waals surface area (Å²) in [6.07, 6.45) is 0.662. The minimum Gasteiger partial charge on any atom is -0.312 e. The first-order chi connectivity index (χ1) is 13.6. The summed E-state index contributed by atoms with van der Waals surface area (Å²) in [5, 5.41) is 12.5.